The monoisotopic (exact) mass is 339 g/mol. The molecule has 0 radical (unpaired) electrons. The Morgan fingerprint density at radius 2 is 1.88 bits per heavy atom. The molecule has 0 aliphatic carbocycles. The largest absolute Gasteiger partial charge is 0.468 e. The van der Waals surface area contributed by atoms with E-state index in [-0.39, 0.29) is 11.0 Å². The van der Waals surface area contributed by atoms with Crippen LogP contribution in [0.3, 0.4) is 0 Å². The Bertz CT molecular complexity index is 1080. The van der Waals surface area contributed by atoms with E-state index in [1.165, 1.54) is 18.7 Å². The van der Waals surface area contributed by atoms with Crippen molar-refractivity contribution in [3.63, 3.8) is 0 Å². The predicted molar refractivity (Wildman–Crippen MR) is 93.4 cm³/mol. The number of nitrogens with zero attached hydrogens (tertiary/aromatic N) is 3. The summed E-state index contributed by atoms with van der Waals surface area (Å²) in [6, 6.07) is 11.3. The lowest BCUT2D eigenvalue weighted by atomic mass is 10.0. The molecule has 0 spiro atoms. The Hall–Kier alpha value is -3.22. The van der Waals surface area contributed by atoms with Gasteiger partial charge in [-0.3, -0.25) is 14.2 Å². The molecule has 3 rings (SSSR count). The standard InChI is InChI=1S/C18H17N3O4/c1-11-13(12-7-5-4-6-8-12)9-14-16(19-11)20(2)18(24)21(17(14)23)10-15(22)25-3/h4-9H,10H2,1-3H3. The number of rotatable bonds is 3. The van der Waals surface area contributed by atoms with Gasteiger partial charge in [0.25, 0.3) is 5.56 Å². The molecule has 0 aliphatic heterocycles. The molecule has 3 aromatic rings. The summed E-state index contributed by atoms with van der Waals surface area (Å²) >= 11 is 0. The molecule has 0 amide bonds. The number of carbonyl (C=O) groups is 1. The molecule has 128 valence electrons. The molecule has 7 nitrogen and oxygen atoms in total. The predicted octanol–water partition coefficient (Wildman–Crippen LogP) is 1.24. The van der Waals surface area contributed by atoms with E-state index in [2.05, 4.69) is 9.72 Å². The second-order valence-electron chi connectivity index (χ2n) is 5.67. The fourth-order valence-corrected chi connectivity index (χ4v) is 2.75. The molecule has 25 heavy (non-hydrogen) atoms. The molecule has 0 bridgehead atoms. The van der Waals surface area contributed by atoms with E-state index in [1.54, 1.807) is 6.07 Å². The van der Waals surface area contributed by atoms with Crippen molar-refractivity contribution >= 4 is 17.0 Å². The third kappa shape index (κ3) is 2.84. The number of aryl methyl sites for hydroxylation is 2. The minimum absolute atomic E-state index is 0.274. The van der Waals surface area contributed by atoms with Gasteiger partial charge < -0.3 is 4.74 Å². The Morgan fingerprint density at radius 1 is 1.20 bits per heavy atom. The number of benzene rings is 1. The van der Waals surface area contributed by atoms with Crippen molar-refractivity contribution in [1.29, 1.82) is 0 Å². The summed E-state index contributed by atoms with van der Waals surface area (Å²) in [5.41, 5.74) is 1.54. The van der Waals surface area contributed by atoms with Gasteiger partial charge in [-0.2, -0.15) is 0 Å². The van der Waals surface area contributed by atoms with Crippen LogP contribution < -0.4 is 11.2 Å². The van der Waals surface area contributed by atoms with E-state index in [0.29, 0.717) is 5.69 Å². The molecule has 0 saturated carbocycles. The highest BCUT2D eigenvalue weighted by Gasteiger charge is 2.17. The van der Waals surface area contributed by atoms with Crippen molar-refractivity contribution in [2.45, 2.75) is 13.5 Å². The number of hydrogen-bond acceptors (Lipinski definition) is 5. The molecule has 1 aromatic carbocycles. The summed E-state index contributed by atoms with van der Waals surface area (Å²) in [5.74, 6) is -0.665. The summed E-state index contributed by atoms with van der Waals surface area (Å²) in [7, 11) is 2.73. The van der Waals surface area contributed by atoms with Gasteiger partial charge in [-0.15, -0.1) is 0 Å². The van der Waals surface area contributed by atoms with E-state index in [9.17, 15) is 14.4 Å². The molecule has 0 atom stereocenters. The Labute approximate surface area is 143 Å². The third-order valence-electron chi connectivity index (χ3n) is 4.10. The first kappa shape index (κ1) is 16.6. The van der Waals surface area contributed by atoms with Crippen LogP contribution in [0, 0.1) is 6.92 Å². The highest BCUT2D eigenvalue weighted by molar-refractivity contribution is 5.82. The molecule has 0 aliphatic rings. The molecule has 0 N–H and O–H groups in total. The quantitative estimate of drug-likeness (QED) is 0.671. The highest BCUT2D eigenvalue weighted by Crippen LogP contribution is 2.24. The van der Waals surface area contributed by atoms with Gasteiger partial charge in [-0.25, -0.2) is 14.3 Å². The zero-order valence-corrected chi connectivity index (χ0v) is 14.1. The highest BCUT2D eigenvalue weighted by atomic mass is 16.5. The second kappa shape index (κ2) is 6.35. The van der Waals surface area contributed by atoms with Gasteiger partial charge in [0.1, 0.15) is 12.2 Å². The molecular formula is C18H17N3O4. The molecule has 2 heterocycles. The SMILES string of the molecule is COC(=O)Cn1c(=O)c2cc(-c3ccccc3)c(C)nc2n(C)c1=O. The van der Waals surface area contributed by atoms with Crippen LogP contribution >= 0.6 is 0 Å². The third-order valence-corrected chi connectivity index (χ3v) is 4.10. The van der Waals surface area contributed by atoms with Crippen LogP contribution in [0.1, 0.15) is 5.69 Å². The number of carbonyl (C=O) groups excluding carboxylic acids is 1. The number of pyridine rings is 1. The Morgan fingerprint density at radius 3 is 2.52 bits per heavy atom. The zero-order chi connectivity index (χ0) is 18.1. The normalized spacial score (nSPS) is 10.8. The molecular weight excluding hydrogens is 322 g/mol. The first-order valence-corrected chi connectivity index (χ1v) is 7.67. The number of methoxy groups -OCH3 is 1. The summed E-state index contributed by atoms with van der Waals surface area (Å²) in [5, 5.41) is 0.274. The summed E-state index contributed by atoms with van der Waals surface area (Å²) < 4.78 is 6.69. The van der Waals surface area contributed by atoms with Crippen molar-refractivity contribution in [2.75, 3.05) is 7.11 Å². The number of hydrogen-bond donors (Lipinski definition) is 0. The van der Waals surface area contributed by atoms with Gasteiger partial charge in [0, 0.05) is 18.3 Å². The van der Waals surface area contributed by atoms with Gasteiger partial charge in [-0.05, 0) is 18.6 Å². The van der Waals surface area contributed by atoms with Gasteiger partial charge in [0.15, 0.2) is 0 Å². The van der Waals surface area contributed by atoms with Crippen LogP contribution in [0.25, 0.3) is 22.2 Å². The number of ether oxygens (including phenoxy) is 1. The summed E-state index contributed by atoms with van der Waals surface area (Å²) in [6.07, 6.45) is 0. The fraction of sp³-hybridized carbons (Fsp3) is 0.222. The zero-order valence-electron chi connectivity index (χ0n) is 14.1. The van der Waals surface area contributed by atoms with Crippen LogP contribution in [0.15, 0.2) is 46.0 Å². The van der Waals surface area contributed by atoms with Crippen molar-refractivity contribution in [1.82, 2.24) is 14.1 Å². The lowest BCUT2D eigenvalue weighted by Crippen LogP contribution is -2.41. The first-order valence-electron chi connectivity index (χ1n) is 7.67. The number of esters is 1. The van der Waals surface area contributed by atoms with E-state index >= 15 is 0 Å². The molecule has 0 saturated heterocycles. The summed E-state index contributed by atoms with van der Waals surface area (Å²) in [6.45, 7) is 1.39. The Kier molecular flexibility index (Phi) is 4.22. The lowest BCUT2D eigenvalue weighted by Gasteiger charge is -2.12. The van der Waals surface area contributed by atoms with Crippen LogP contribution in [0.5, 0.6) is 0 Å². The maximum Gasteiger partial charge on any atom is 0.332 e. The Balaban J connectivity index is 2.34. The van der Waals surface area contributed by atoms with Crippen molar-refractivity contribution in [2.24, 2.45) is 7.05 Å². The molecule has 0 unspecified atom stereocenters. The molecule has 7 heteroatoms. The fourth-order valence-electron chi connectivity index (χ4n) is 2.75. The van der Waals surface area contributed by atoms with E-state index < -0.39 is 23.8 Å². The van der Waals surface area contributed by atoms with Crippen LogP contribution in [0.2, 0.25) is 0 Å². The molecule has 2 aromatic heterocycles. The van der Waals surface area contributed by atoms with Crippen molar-refractivity contribution in [3.05, 3.63) is 62.9 Å². The van der Waals surface area contributed by atoms with Gasteiger partial charge in [0.05, 0.1) is 12.5 Å². The maximum absolute atomic E-state index is 12.7. The topological polar surface area (TPSA) is 83.2 Å². The van der Waals surface area contributed by atoms with Gasteiger partial charge in [-0.1, -0.05) is 30.3 Å². The summed E-state index contributed by atoms with van der Waals surface area (Å²) in [4.78, 5) is 41.1. The minimum Gasteiger partial charge on any atom is -0.468 e. The van der Waals surface area contributed by atoms with Crippen molar-refractivity contribution < 1.29 is 9.53 Å². The average molecular weight is 339 g/mol. The van der Waals surface area contributed by atoms with Crippen molar-refractivity contribution in [3.8, 4) is 11.1 Å². The van der Waals surface area contributed by atoms with Gasteiger partial charge in [0.2, 0.25) is 0 Å². The first-order chi connectivity index (χ1) is 11.9. The lowest BCUT2D eigenvalue weighted by molar-refractivity contribution is -0.141. The van der Waals surface area contributed by atoms with E-state index in [0.717, 1.165) is 15.7 Å². The smallest absolute Gasteiger partial charge is 0.332 e. The van der Waals surface area contributed by atoms with Gasteiger partial charge >= 0.3 is 11.7 Å². The molecule has 0 fully saturated rings. The van der Waals surface area contributed by atoms with Crippen LogP contribution in [-0.4, -0.2) is 27.2 Å². The van der Waals surface area contributed by atoms with E-state index in [1.807, 2.05) is 37.3 Å². The van der Waals surface area contributed by atoms with Crippen LogP contribution in [0.4, 0.5) is 0 Å². The number of fused-ring (bicyclic) bond motifs is 1. The van der Waals surface area contributed by atoms with Crippen LogP contribution in [-0.2, 0) is 23.1 Å². The number of aromatic nitrogens is 3. The minimum atomic E-state index is -0.665. The van der Waals surface area contributed by atoms with E-state index in [4.69, 9.17) is 0 Å². The average Bonchev–Trinajstić information content (AvgIpc) is 2.63. The maximum atomic E-state index is 12.7. The second-order valence-corrected chi connectivity index (χ2v) is 5.67.